The topological polar surface area (TPSA) is 59.3 Å². The number of nitrogens with zero attached hydrogens (tertiary/aromatic N) is 1. The van der Waals surface area contributed by atoms with E-state index in [1.807, 2.05) is 13.8 Å². The van der Waals surface area contributed by atoms with Gasteiger partial charge in [-0.25, -0.2) is 0 Å². The molecule has 1 rings (SSSR count). The molecule has 0 atom stereocenters. The van der Waals surface area contributed by atoms with Crippen molar-refractivity contribution in [1.29, 1.82) is 5.26 Å². The van der Waals surface area contributed by atoms with Crippen LogP contribution in [0.1, 0.15) is 30.6 Å². The van der Waals surface area contributed by atoms with Crippen LogP contribution in [-0.4, -0.2) is 20.0 Å². The third kappa shape index (κ3) is 3.77. The van der Waals surface area contributed by atoms with E-state index in [0.29, 0.717) is 30.1 Å². The number of hydrogen-bond acceptors (Lipinski definition) is 4. The molecule has 0 N–H and O–H groups in total. The summed E-state index contributed by atoms with van der Waals surface area (Å²) in [5, 5.41) is 8.89. The molecule has 0 unspecified atom stereocenters. The van der Waals surface area contributed by atoms with Crippen LogP contribution >= 0.6 is 0 Å². The maximum absolute atomic E-state index is 10.6. The van der Waals surface area contributed by atoms with Gasteiger partial charge in [0.05, 0.1) is 25.2 Å². The molecular formula is C14H17NO3. The highest BCUT2D eigenvalue weighted by Crippen LogP contribution is 2.28. The molecule has 0 aliphatic carbocycles. The van der Waals surface area contributed by atoms with Crippen LogP contribution in [0.25, 0.3) is 0 Å². The first-order valence-corrected chi connectivity index (χ1v) is 5.69. The maximum atomic E-state index is 10.6. The van der Waals surface area contributed by atoms with Crippen molar-refractivity contribution in [2.24, 2.45) is 5.41 Å². The van der Waals surface area contributed by atoms with Gasteiger partial charge >= 0.3 is 0 Å². The van der Waals surface area contributed by atoms with E-state index in [1.165, 1.54) is 7.11 Å². The van der Waals surface area contributed by atoms with Crippen LogP contribution in [-0.2, 0) is 0 Å². The van der Waals surface area contributed by atoms with Crippen molar-refractivity contribution in [3.63, 3.8) is 0 Å². The van der Waals surface area contributed by atoms with Gasteiger partial charge in [0.15, 0.2) is 11.5 Å². The van der Waals surface area contributed by atoms with Gasteiger partial charge in [-0.2, -0.15) is 5.26 Å². The molecule has 0 spiro atoms. The van der Waals surface area contributed by atoms with Gasteiger partial charge in [-0.3, -0.25) is 4.79 Å². The third-order valence-corrected chi connectivity index (χ3v) is 2.61. The SMILES string of the molecule is COc1cc(C=O)ccc1OCCC(C)(C)C#N. The second-order valence-corrected chi connectivity index (χ2v) is 4.62. The summed E-state index contributed by atoms with van der Waals surface area (Å²) in [6.45, 7) is 4.16. The van der Waals surface area contributed by atoms with Crippen LogP contribution in [0.3, 0.4) is 0 Å². The van der Waals surface area contributed by atoms with Crippen LogP contribution in [0, 0.1) is 16.7 Å². The van der Waals surface area contributed by atoms with Crippen LogP contribution < -0.4 is 9.47 Å². The number of carbonyl (C=O) groups excluding carboxylic acids is 1. The Morgan fingerprint density at radius 1 is 1.39 bits per heavy atom. The van der Waals surface area contributed by atoms with E-state index >= 15 is 0 Å². The first-order valence-electron chi connectivity index (χ1n) is 5.69. The molecule has 0 heterocycles. The smallest absolute Gasteiger partial charge is 0.161 e. The predicted molar refractivity (Wildman–Crippen MR) is 67.9 cm³/mol. The standard InChI is InChI=1S/C14H17NO3/c1-14(2,10-15)6-7-18-12-5-4-11(9-16)8-13(12)17-3/h4-5,8-9H,6-7H2,1-3H3. The lowest BCUT2D eigenvalue weighted by molar-refractivity contribution is 0.112. The maximum Gasteiger partial charge on any atom is 0.161 e. The fourth-order valence-corrected chi connectivity index (χ4v) is 1.35. The Balaban J connectivity index is 2.68. The molecule has 0 saturated heterocycles. The van der Waals surface area contributed by atoms with Crippen LogP contribution in [0.4, 0.5) is 0 Å². The van der Waals surface area contributed by atoms with E-state index < -0.39 is 5.41 Å². The van der Waals surface area contributed by atoms with Crippen molar-refractivity contribution in [2.45, 2.75) is 20.3 Å². The lowest BCUT2D eigenvalue weighted by Crippen LogP contribution is -2.13. The van der Waals surface area contributed by atoms with E-state index in [9.17, 15) is 4.79 Å². The molecule has 0 aliphatic rings. The fourth-order valence-electron chi connectivity index (χ4n) is 1.35. The molecule has 0 saturated carbocycles. The molecule has 1 aromatic carbocycles. The second kappa shape index (κ2) is 6.06. The number of carbonyl (C=O) groups is 1. The minimum absolute atomic E-state index is 0.407. The Morgan fingerprint density at radius 2 is 2.11 bits per heavy atom. The Hall–Kier alpha value is -2.02. The Kier molecular flexibility index (Phi) is 4.73. The second-order valence-electron chi connectivity index (χ2n) is 4.62. The summed E-state index contributed by atoms with van der Waals surface area (Å²) in [4.78, 5) is 10.6. The van der Waals surface area contributed by atoms with E-state index in [4.69, 9.17) is 14.7 Å². The van der Waals surface area contributed by atoms with Crippen molar-refractivity contribution < 1.29 is 14.3 Å². The van der Waals surface area contributed by atoms with Gasteiger partial charge in [-0.05, 0) is 38.5 Å². The summed E-state index contributed by atoms with van der Waals surface area (Å²) in [5.41, 5.74) is 0.132. The minimum Gasteiger partial charge on any atom is -0.493 e. The number of methoxy groups -OCH3 is 1. The van der Waals surface area contributed by atoms with E-state index in [-0.39, 0.29) is 0 Å². The summed E-state index contributed by atoms with van der Waals surface area (Å²) in [5.74, 6) is 1.10. The van der Waals surface area contributed by atoms with Gasteiger partial charge in [0.2, 0.25) is 0 Å². The Labute approximate surface area is 107 Å². The van der Waals surface area contributed by atoms with Gasteiger partial charge in [0, 0.05) is 5.56 Å². The summed E-state index contributed by atoms with van der Waals surface area (Å²) in [6.07, 6.45) is 1.38. The number of aldehydes is 1. The molecule has 0 fully saturated rings. The molecule has 4 nitrogen and oxygen atoms in total. The summed E-state index contributed by atoms with van der Waals surface area (Å²) in [7, 11) is 1.52. The normalized spacial score (nSPS) is 10.6. The monoisotopic (exact) mass is 247 g/mol. The molecule has 4 heteroatoms. The van der Waals surface area contributed by atoms with Crippen molar-refractivity contribution in [1.82, 2.24) is 0 Å². The molecule has 96 valence electrons. The Bertz CT molecular complexity index is 461. The Morgan fingerprint density at radius 3 is 2.67 bits per heavy atom. The van der Waals surface area contributed by atoms with Gasteiger partial charge in [-0.15, -0.1) is 0 Å². The summed E-state index contributed by atoms with van der Waals surface area (Å²) < 4.78 is 10.7. The molecular weight excluding hydrogens is 230 g/mol. The van der Waals surface area contributed by atoms with Gasteiger partial charge < -0.3 is 9.47 Å². The average molecular weight is 247 g/mol. The minimum atomic E-state index is -0.407. The van der Waals surface area contributed by atoms with Crippen molar-refractivity contribution in [2.75, 3.05) is 13.7 Å². The number of rotatable bonds is 6. The lowest BCUT2D eigenvalue weighted by Gasteiger charge is -2.16. The number of hydrogen-bond donors (Lipinski definition) is 0. The van der Waals surface area contributed by atoms with Crippen LogP contribution in [0.5, 0.6) is 11.5 Å². The van der Waals surface area contributed by atoms with Crippen molar-refractivity contribution in [3.8, 4) is 17.6 Å². The zero-order chi connectivity index (χ0) is 13.6. The van der Waals surface area contributed by atoms with Gasteiger partial charge in [0.25, 0.3) is 0 Å². The molecule has 0 radical (unpaired) electrons. The fraction of sp³-hybridized carbons (Fsp3) is 0.429. The lowest BCUT2D eigenvalue weighted by atomic mass is 9.92. The van der Waals surface area contributed by atoms with E-state index in [2.05, 4.69) is 6.07 Å². The molecule has 1 aromatic rings. The highest BCUT2D eigenvalue weighted by atomic mass is 16.5. The third-order valence-electron chi connectivity index (χ3n) is 2.61. The summed E-state index contributed by atoms with van der Waals surface area (Å²) >= 11 is 0. The number of ether oxygens (including phenoxy) is 2. The largest absolute Gasteiger partial charge is 0.493 e. The first-order chi connectivity index (χ1) is 8.52. The predicted octanol–water partition coefficient (Wildman–Crippen LogP) is 2.83. The molecule has 0 bridgehead atoms. The quantitative estimate of drug-likeness (QED) is 0.725. The van der Waals surface area contributed by atoms with Gasteiger partial charge in [-0.1, -0.05) is 0 Å². The highest BCUT2D eigenvalue weighted by Gasteiger charge is 2.17. The molecule has 18 heavy (non-hydrogen) atoms. The molecule has 0 aliphatic heterocycles. The van der Waals surface area contributed by atoms with Crippen LogP contribution in [0.2, 0.25) is 0 Å². The van der Waals surface area contributed by atoms with E-state index in [0.717, 1.165) is 6.29 Å². The van der Waals surface area contributed by atoms with Gasteiger partial charge in [0.1, 0.15) is 6.29 Å². The molecule has 0 amide bonds. The van der Waals surface area contributed by atoms with Crippen LogP contribution in [0.15, 0.2) is 18.2 Å². The van der Waals surface area contributed by atoms with Crippen molar-refractivity contribution >= 4 is 6.29 Å². The zero-order valence-electron chi connectivity index (χ0n) is 10.9. The number of benzene rings is 1. The number of nitriles is 1. The highest BCUT2D eigenvalue weighted by molar-refractivity contribution is 5.76. The first kappa shape index (κ1) is 14.0. The zero-order valence-corrected chi connectivity index (χ0v) is 10.9. The van der Waals surface area contributed by atoms with Crippen molar-refractivity contribution in [3.05, 3.63) is 23.8 Å². The summed E-state index contributed by atoms with van der Waals surface area (Å²) in [6, 6.07) is 7.20. The average Bonchev–Trinajstić information content (AvgIpc) is 2.38. The molecule has 0 aromatic heterocycles. The van der Waals surface area contributed by atoms with E-state index in [1.54, 1.807) is 18.2 Å².